The molecule has 2 rings (SSSR count). The number of anilines is 1. The second-order valence-corrected chi connectivity index (χ2v) is 3.05. The van der Waals surface area contributed by atoms with Crippen molar-refractivity contribution >= 4 is 5.95 Å². The first-order valence-corrected chi connectivity index (χ1v) is 3.84. The van der Waals surface area contributed by atoms with Gasteiger partial charge in [-0.1, -0.05) is 4.98 Å². The molecule has 0 radical (unpaired) electrons. The lowest BCUT2D eigenvalue weighted by Crippen LogP contribution is -2.53. The van der Waals surface area contributed by atoms with E-state index < -0.39 is 18.4 Å². The zero-order chi connectivity index (χ0) is 10.4. The van der Waals surface area contributed by atoms with Crippen molar-refractivity contribution in [2.45, 2.75) is 18.4 Å². The Morgan fingerprint density at radius 3 is 2.86 bits per heavy atom. The van der Waals surface area contributed by atoms with Crippen LogP contribution >= 0.6 is 0 Å². The van der Waals surface area contributed by atoms with E-state index in [9.17, 15) is 18.3 Å². The first-order chi connectivity index (χ1) is 6.42. The topological polar surface area (TPSA) is 49.0 Å². The third-order valence-corrected chi connectivity index (χ3v) is 2.01. The number of halogens is 3. The summed E-state index contributed by atoms with van der Waals surface area (Å²) < 4.78 is 38.3. The van der Waals surface area contributed by atoms with Crippen LogP contribution < -0.4 is 9.88 Å². The van der Waals surface area contributed by atoms with E-state index in [2.05, 4.69) is 4.98 Å². The van der Waals surface area contributed by atoms with Crippen LogP contribution in [-0.4, -0.2) is 22.0 Å². The maximum Gasteiger partial charge on any atom is 0.455 e. The van der Waals surface area contributed by atoms with Gasteiger partial charge in [-0.05, 0) is 0 Å². The van der Waals surface area contributed by atoms with Crippen LogP contribution in [0.3, 0.4) is 0 Å². The minimum absolute atomic E-state index is 0.00678. The molecule has 76 valence electrons. The van der Waals surface area contributed by atoms with E-state index in [0.717, 1.165) is 0 Å². The molecule has 0 spiro atoms. The van der Waals surface area contributed by atoms with Crippen molar-refractivity contribution in [3.05, 3.63) is 18.5 Å². The van der Waals surface area contributed by atoms with Crippen LogP contribution in [0.4, 0.5) is 19.1 Å². The van der Waals surface area contributed by atoms with E-state index in [1.54, 1.807) is 0 Å². The van der Waals surface area contributed by atoms with Crippen LogP contribution in [0.15, 0.2) is 18.5 Å². The fraction of sp³-hybridized carbons (Fsp3) is 0.429. The van der Waals surface area contributed by atoms with Crippen LogP contribution in [0, 0.1) is 0 Å². The second-order valence-electron chi connectivity index (χ2n) is 3.05. The monoisotopic (exact) mass is 206 g/mol. The summed E-state index contributed by atoms with van der Waals surface area (Å²) in [5.41, 5.74) is -2.91. The van der Waals surface area contributed by atoms with E-state index in [1.165, 1.54) is 23.0 Å². The number of alkyl halides is 3. The second kappa shape index (κ2) is 2.57. The minimum Gasteiger partial charge on any atom is -0.350 e. The molecule has 0 aliphatic carbocycles. The molecule has 1 unspecified atom stereocenters. The van der Waals surface area contributed by atoms with Gasteiger partial charge in [0.2, 0.25) is 0 Å². The highest BCUT2D eigenvalue weighted by molar-refractivity contribution is 5.24. The van der Waals surface area contributed by atoms with Crippen LogP contribution in [0.1, 0.15) is 0 Å². The normalized spacial score (nSPS) is 25.7. The quantitative estimate of drug-likeness (QED) is 0.589. The van der Waals surface area contributed by atoms with E-state index in [4.69, 9.17) is 0 Å². The fourth-order valence-corrected chi connectivity index (χ4v) is 1.26. The van der Waals surface area contributed by atoms with Crippen molar-refractivity contribution in [1.82, 2.24) is 4.98 Å². The van der Waals surface area contributed by atoms with Crippen molar-refractivity contribution in [3.8, 4) is 0 Å². The predicted molar refractivity (Wildman–Crippen MR) is 39.1 cm³/mol. The highest BCUT2D eigenvalue weighted by atomic mass is 19.4. The number of nitrogens with one attached hydrogen (secondary N) is 1. The van der Waals surface area contributed by atoms with Crippen molar-refractivity contribution in [3.63, 3.8) is 0 Å². The zero-order valence-corrected chi connectivity index (χ0v) is 6.91. The van der Waals surface area contributed by atoms with E-state index in [1.807, 2.05) is 5.32 Å². The number of aliphatic hydroxyl groups is 1. The van der Waals surface area contributed by atoms with Gasteiger partial charge in [0.25, 0.3) is 0 Å². The maximum absolute atomic E-state index is 12.4. The van der Waals surface area contributed by atoms with Gasteiger partial charge in [0.05, 0.1) is 6.20 Å². The van der Waals surface area contributed by atoms with Gasteiger partial charge < -0.3 is 5.11 Å². The Morgan fingerprint density at radius 2 is 2.29 bits per heavy atom. The van der Waals surface area contributed by atoms with Crippen molar-refractivity contribution in [2.75, 3.05) is 5.32 Å². The van der Waals surface area contributed by atoms with E-state index in [-0.39, 0.29) is 5.95 Å². The Bertz CT molecular complexity index is 340. The van der Waals surface area contributed by atoms with E-state index in [0.29, 0.717) is 0 Å². The molecule has 1 aliphatic rings. The number of fused-ring (bicyclic) bond motifs is 1. The summed E-state index contributed by atoms with van der Waals surface area (Å²) in [5, 5.41) is 11.2. The molecule has 0 saturated carbocycles. The molecular weight excluding hydrogens is 199 g/mol. The third kappa shape index (κ3) is 1.20. The lowest BCUT2D eigenvalue weighted by Gasteiger charge is -2.20. The lowest BCUT2D eigenvalue weighted by molar-refractivity contribution is -0.688. The van der Waals surface area contributed by atoms with E-state index >= 15 is 0 Å². The van der Waals surface area contributed by atoms with Crippen LogP contribution in [-0.2, 0) is 6.54 Å². The molecule has 0 amide bonds. The molecule has 1 atom stereocenters. The number of rotatable bonds is 0. The molecule has 0 saturated heterocycles. The van der Waals surface area contributed by atoms with Gasteiger partial charge in [-0.3, -0.25) is 0 Å². The molecule has 1 aromatic rings. The maximum atomic E-state index is 12.4. The summed E-state index contributed by atoms with van der Waals surface area (Å²) in [5.74, 6) is 0.00678. The van der Waals surface area contributed by atoms with Crippen LogP contribution in [0.5, 0.6) is 0 Å². The van der Waals surface area contributed by atoms with Gasteiger partial charge >= 0.3 is 17.8 Å². The zero-order valence-electron chi connectivity index (χ0n) is 6.91. The predicted octanol–water partition coefficient (Wildman–Crippen LogP) is 0.0455. The largest absolute Gasteiger partial charge is 0.455 e. The molecule has 1 aliphatic heterocycles. The van der Waals surface area contributed by atoms with Crippen molar-refractivity contribution in [2.24, 2.45) is 0 Å². The number of hydrogen-bond donors (Lipinski definition) is 2. The molecule has 4 nitrogen and oxygen atoms in total. The molecule has 7 heteroatoms. The first-order valence-electron chi connectivity index (χ1n) is 3.84. The molecule has 0 fully saturated rings. The minimum atomic E-state index is -4.72. The van der Waals surface area contributed by atoms with Gasteiger partial charge in [-0.2, -0.15) is 13.2 Å². The Hall–Kier alpha value is -1.37. The molecule has 0 bridgehead atoms. The number of nitrogens with zero attached hydrogens (tertiary/aromatic N) is 2. The number of hydrogen-bond acceptors (Lipinski definition) is 3. The summed E-state index contributed by atoms with van der Waals surface area (Å²) in [6.07, 6.45) is -1.96. The van der Waals surface area contributed by atoms with Gasteiger partial charge in [0.1, 0.15) is 12.7 Å². The average Bonchev–Trinajstić information content (AvgIpc) is 2.40. The van der Waals surface area contributed by atoms with Crippen LogP contribution in [0.25, 0.3) is 0 Å². The van der Waals surface area contributed by atoms with Crippen molar-refractivity contribution in [1.29, 1.82) is 0 Å². The molecule has 2 N–H and O–H groups in total. The Kier molecular flexibility index (Phi) is 1.69. The lowest BCUT2D eigenvalue weighted by atomic mass is 10.2. The summed E-state index contributed by atoms with van der Waals surface area (Å²) in [6.45, 7) is -0.584. The first kappa shape index (κ1) is 9.20. The van der Waals surface area contributed by atoms with Gasteiger partial charge in [0, 0.05) is 6.07 Å². The highest BCUT2D eigenvalue weighted by Crippen LogP contribution is 2.33. The summed E-state index contributed by atoms with van der Waals surface area (Å²) >= 11 is 0. The Morgan fingerprint density at radius 1 is 1.57 bits per heavy atom. The molecule has 0 aromatic carbocycles. The van der Waals surface area contributed by atoms with Gasteiger partial charge in [0.15, 0.2) is 0 Å². The molecule has 14 heavy (non-hydrogen) atoms. The Balaban J connectivity index is 2.35. The highest BCUT2D eigenvalue weighted by Gasteiger charge is 2.62. The third-order valence-electron chi connectivity index (χ3n) is 2.01. The summed E-state index contributed by atoms with van der Waals surface area (Å²) in [4.78, 5) is 3.66. The van der Waals surface area contributed by atoms with Crippen LogP contribution in [0.2, 0.25) is 0 Å². The smallest absolute Gasteiger partial charge is 0.350 e. The summed E-state index contributed by atoms with van der Waals surface area (Å²) in [6, 6.07) is 1.49. The van der Waals surface area contributed by atoms with Gasteiger partial charge in [-0.25, -0.2) is 9.88 Å². The van der Waals surface area contributed by atoms with Crippen molar-refractivity contribution < 1.29 is 22.8 Å². The average molecular weight is 206 g/mol. The standard InChI is InChI=1S/C7H6F3N3O/c8-7(9,10)6(14)4-13-3-1-2-11-5(13)12-6/h1-3,14H,4H2/p+1. The Labute approximate surface area is 77.0 Å². The SMILES string of the molecule is OC1(C(F)(F)F)C[n+]2cccnc2N1. The molecule has 2 heterocycles. The molecule has 1 aromatic heterocycles. The van der Waals surface area contributed by atoms with Gasteiger partial charge in [-0.15, -0.1) is 0 Å². The molecular formula is C7H7F3N3O+. The number of aromatic nitrogens is 2. The fourth-order valence-electron chi connectivity index (χ4n) is 1.26. The summed E-state index contributed by atoms with van der Waals surface area (Å²) in [7, 11) is 0.